The second-order valence-electron chi connectivity index (χ2n) is 5.24. The van der Waals surface area contributed by atoms with Crippen LogP contribution < -0.4 is 0 Å². The summed E-state index contributed by atoms with van der Waals surface area (Å²) in [6, 6.07) is 0. The van der Waals surface area contributed by atoms with E-state index in [1.165, 1.54) is 4.90 Å². The normalized spacial score (nSPS) is 10.3. The quantitative estimate of drug-likeness (QED) is 0.442. The zero-order valence-corrected chi connectivity index (χ0v) is 12.8. The van der Waals surface area contributed by atoms with Crippen LogP contribution in [0, 0.1) is 0 Å². The van der Waals surface area contributed by atoms with Gasteiger partial charge in [-0.2, -0.15) is 0 Å². The minimum Gasteiger partial charge on any atom is -0.279 e. The average molecular weight is 267 g/mol. The number of hydrogen-bond donors (Lipinski definition) is 0. The highest BCUT2D eigenvalue weighted by Gasteiger charge is 2.20. The molecular weight excluding hydrogens is 238 g/mol. The second kappa shape index (κ2) is 10.8. The molecule has 0 unspecified atom stereocenters. The van der Waals surface area contributed by atoms with Gasteiger partial charge in [0.25, 0.3) is 0 Å². The summed E-state index contributed by atoms with van der Waals surface area (Å²) in [4.78, 5) is 25.6. The Morgan fingerprint density at radius 1 is 0.895 bits per heavy atom. The topological polar surface area (TPSA) is 37.4 Å². The first-order valence-corrected chi connectivity index (χ1v) is 7.50. The molecule has 0 saturated heterocycles. The van der Waals surface area contributed by atoms with Crippen LogP contribution >= 0.6 is 0 Å². The summed E-state index contributed by atoms with van der Waals surface area (Å²) >= 11 is 0. The molecule has 0 N–H and O–H groups in total. The van der Waals surface area contributed by atoms with Gasteiger partial charge < -0.3 is 0 Å². The van der Waals surface area contributed by atoms with Gasteiger partial charge in [0.05, 0.1) is 0 Å². The molecule has 0 bridgehead atoms. The molecule has 0 radical (unpaired) electrons. The van der Waals surface area contributed by atoms with Crippen molar-refractivity contribution in [3.63, 3.8) is 0 Å². The van der Waals surface area contributed by atoms with Crippen LogP contribution in [0.1, 0.15) is 72.1 Å². The van der Waals surface area contributed by atoms with Gasteiger partial charge in [0.1, 0.15) is 0 Å². The number of imide groups is 1. The predicted octanol–water partition coefficient (Wildman–Crippen LogP) is 4.08. The molecule has 3 heteroatoms. The molecular formula is C16H29NO2. The van der Waals surface area contributed by atoms with Gasteiger partial charge in [-0.15, -0.1) is 0 Å². The Morgan fingerprint density at radius 2 is 1.32 bits per heavy atom. The predicted molar refractivity (Wildman–Crippen MR) is 79.8 cm³/mol. The monoisotopic (exact) mass is 267 g/mol. The van der Waals surface area contributed by atoms with Crippen molar-refractivity contribution in [1.29, 1.82) is 0 Å². The molecule has 0 aliphatic heterocycles. The summed E-state index contributed by atoms with van der Waals surface area (Å²) in [5.41, 5.74) is 0.854. The molecule has 0 aromatic heterocycles. The maximum absolute atomic E-state index is 12.1. The van der Waals surface area contributed by atoms with Gasteiger partial charge in [-0.05, 0) is 19.8 Å². The molecule has 0 atom stereocenters. The molecule has 3 nitrogen and oxygen atoms in total. The smallest absolute Gasteiger partial charge is 0.229 e. The van der Waals surface area contributed by atoms with Crippen molar-refractivity contribution in [2.24, 2.45) is 0 Å². The van der Waals surface area contributed by atoms with Crippen LogP contribution in [0.4, 0.5) is 0 Å². The van der Waals surface area contributed by atoms with Crippen LogP contribution in [0.25, 0.3) is 0 Å². The van der Waals surface area contributed by atoms with Crippen LogP contribution in [0.5, 0.6) is 0 Å². The number of unbranched alkanes of at least 4 members (excludes halogenated alkanes) is 4. The highest BCUT2D eigenvalue weighted by Crippen LogP contribution is 2.09. The number of carbonyl (C=O) groups is 2. The summed E-state index contributed by atoms with van der Waals surface area (Å²) in [6.07, 6.45) is 6.92. The van der Waals surface area contributed by atoms with Gasteiger partial charge in [-0.3, -0.25) is 14.5 Å². The minimum atomic E-state index is -0.0436. The third-order valence-corrected chi connectivity index (χ3v) is 3.02. The molecule has 0 rings (SSSR count). The number of rotatable bonds is 10. The molecule has 0 heterocycles. The first-order valence-electron chi connectivity index (χ1n) is 7.50. The minimum absolute atomic E-state index is 0.0436. The maximum Gasteiger partial charge on any atom is 0.229 e. The molecule has 0 aromatic carbocycles. The van der Waals surface area contributed by atoms with E-state index in [1.807, 2.05) is 6.92 Å². The van der Waals surface area contributed by atoms with E-state index in [4.69, 9.17) is 0 Å². The van der Waals surface area contributed by atoms with Crippen molar-refractivity contribution in [1.82, 2.24) is 4.90 Å². The molecule has 19 heavy (non-hydrogen) atoms. The zero-order chi connectivity index (χ0) is 14.7. The molecule has 0 fully saturated rings. The van der Waals surface area contributed by atoms with Gasteiger partial charge in [0, 0.05) is 19.4 Å². The van der Waals surface area contributed by atoms with Crippen molar-refractivity contribution in [2.75, 3.05) is 6.54 Å². The van der Waals surface area contributed by atoms with Gasteiger partial charge in [-0.25, -0.2) is 0 Å². The van der Waals surface area contributed by atoms with E-state index in [-0.39, 0.29) is 11.8 Å². The zero-order valence-electron chi connectivity index (χ0n) is 12.8. The van der Waals surface area contributed by atoms with Crippen LogP contribution in [0.3, 0.4) is 0 Å². The number of hydrogen-bond acceptors (Lipinski definition) is 2. The van der Waals surface area contributed by atoms with Crippen molar-refractivity contribution in [2.45, 2.75) is 72.1 Å². The third-order valence-electron chi connectivity index (χ3n) is 3.02. The first kappa shape index (κ1) is 17.9. The van der Waals surface area contributed by atoms with E-state index in [2.05, 4.69) is 20.4 Å². The highest BCUT2D eigenvalue weighted by atomic mass is 16.2. The van der Waals surface area contributed by atoms with Gasteiger partial charge in [-0.1, -0.05) is 51.7 Å². The molecule has 0 saturated carbocycles. The van der Waals surface area contributed by atoms with Gasteiger partial charge >= 0.3 is 0 Å². The maximum atomic E-state index is 12.1. The second-order valence-corrected chi connectivity index (χ2v) is 5.24. The Hall–Kier alpha value is -1.12. The standard InChI is InChI=1S/C16H29NO2/c1-5-7-9-11-15(18)17(13-14(3)4)16(19)12-10-8-6-2/h3,5-13H2,1-2,4H3. The van der Waals surface area contributed by atoms with Crippen molar-refractivity contribution in [3.8, 4) is 0 Å². The van der Waals surface area contributed by atoms with Crippen molar-refractivity contribution < 1.29 is 9.59 Å². The van der Waals surface area contributed by atoms with Crippen LogP contribution in [0.2, 0.25) is 0 Å². The lowest BCUT2D eigenvalue weighted by Crippen LogP contribution is -2.37. The summed E-state index contributed by atoms with van der Waals surface area (Å²) in [5, 5.41) is 0. The Bertz CT molecular complexity index is 275. The van der Waals surface area contributed by atoms with Gasteiger partial charge in [0.2, 0.25) is 11.8 Å². The lowest BCUT2D eigenvalue weighted by Gasteiger charge is -2.21. The van der Waals surface area contributed by atoms with Gasteiger partial charge in [0.15, 0.2) is 0 Å². The highest BCUT2D eigenvalue weighted by molar-refractivity contribution is 5.95. The van der Waals surface area contributed by atoms with Crippen molar-refractivity contribution >= 4 is 11.8 Å². The summed E-state index contributed by atoms with van der Waals surface area (Å²) in [7, 11) is 0. The Labute approximate surface area is 118 Å². The fourth-order valence-electron chi connectivity index (χ4n) is 1.91. The van der Waals surface area contributed by atoms with E-state index in [0.717, 1.165) is 44.1 Å². The molecule has 0 aliphatic rings. The summed E-state index contributed by atoms with van der Waals surface area (Å²) in [5.74, 6) is -0.0871. The van der Waals surface area contributed by atoms with E-state index in [9.17, 15) is 9.59 Å². The van der Waals surface area contributed by atoms with E-state index in [0.29, 0.717) is 19.4 Å². The molecule has 0 spiro atoms. The third kappa shape index (κ3) is 8.57. The Kier molecular flexibility index (Phi) is 10.1. The van der Waals surface area contributed by atoms with Crippen LogP contribution in [-0.4, -0.2) is 23.3 Å². The van der Waals surface area contributed by atoms with E-state index < -0.39 is 0 Å². The SMILES string of the molecule is C=C(C)CN(C(=O)CCCCC)C(=O)CCCCC. The number of nitrogens with zero attached hydrogens (tertiary/aromatic N) is 1. The lowest BCUT2D eigenvalue weighted by atomic mass is 10.1. The fraction of sp³-hybridized carbons (Fsp3) is 0.750. The molecule has 2 amide bonds. The Balaban J connectivity index is 4.38. The average Bonchev–Trinajstić information content (AvgIpc) is 2.36. The first-order chi connectivity index (χ1) is 9.02. The summed E-state index contributed by atoms with van der Waals surface area (Å²) < 4.78 is 0. The van der Waals surface area contributed by atoms with Crippen LogP contribution in [-0.2, 0) is 9.59 Å². The van der Waals surface area contributed by atoms with Crippen LogP contribution in [0.15, 0.2) is 12.2 Å². The lowest BCUT2D eigenvalue weighted by molar-refractivity contribution is -0.144. The molecule has 110 valence electrons. The largest absolute Gasteiger partial charge is 0.279 e. The molecule has 0 aliphatic carbocycles. The molecule has 0 aromatic rings. The van der Waals surface area contributed by atoms with E-state index in [1.54, 1.807) is 0 Å². The number of amides is 2. The van der Waals surface area contributed by atoms with Crippen molar-refractivity contribution in [3.05, 3.63) is 12.2 Å². The fourth-order valence-corrected chi connectivity index (χ4v) is 1.91. The number of carbonyl (C=O) groups excluding carboxylic acids is 2. The Morgan fingerprint density at radius 3 is 1.63 bits per heavy atom. The van der Waals surface area contributed by atoms with E-state index >= 15 is 0 Å². The summed E-state index contributed by atoms with van der Waals surface area (Å²) in [6.45, 7) is 10.2.